The summed E-state index contributed by atoms with van der Waals surface area (Å²) in [6, 6.07) is 12.9. The molecule has 130 valence electrons. The first kappa shape index (κ1) is 16.1. The second-order valence-corrected chi connectivity index (χ2v) is 6.18. The molecule has 0 aliphatic rings. The number of aromatic nitrogens is 3. The molecule has 0 spiro atoms. The lowest BCUT2D eigenvalue weighted by molar-refractivity contribution is 0.191. The van der Waals surface area contributed by atoms with E-state index in [1.165, 1.54) is 12.3 Å². The predicted octanol–water partition coefficient (Wildman–Crippen LogP) is 3.14. The van der Waals surface area contributed by atoms with Gasteiger partial charge in [-0.1, -0.05) is 12.1 Å². The fourth-order valence-corrected chi connectivity index (χ4v) is 3.02. The summed E-state index contributed by atoms with van der Waals surface area (Å²) >= 11 is 0. The average Bonchev–Trinajstić information content (AvgIpc) is 3.11. The van der Waals surface area contributed by atoms with Crippen LogP contribution in [-0.4, -0.2) is 24.7 Å². The van der Waals surface area contributed by atoms with Crippen LogP contribution in [0, 0.1) is 0 Å². The van der Waals surface area contributed by atoms with E-state index in [0.29, 0.717) is 5.69 Å². The molecule has 6 nitrogen and oxygen atoms in total. The zero-order chi connectivity index (χ0) is 18.3. The number of H-pyrrole nitrogens is 1. The van der Waals surface area contributed by atoms with Crippen LogP contribution in [0.5, 0.6) is 5.75 Å². The molecular weight excluding hydrogens is 330 g/mol. The fraction of sp³-hybridized carbons (Fsp3) is 0.100. The van der Waals surface area contributed by atoms with E-state index in [2.05, 4.69) is 9.97 Å². The van der Waals surface area contributed by atoms with E-state index in [1.807, 2.05) is 42.6 Å². The van der Waals surface area contributed by atoms with Gasteiger partial charge in [-0.05, 0) is 36.8 Å². The first-order valence-electron chi connectivity index (χ1n) is 8.20. The van der Waals surface area contributed by atoms with Crippen LogP contribution in [0.4, 0.5) is 0 Å². The topological polar surface area (TPSA) is 91.1 Å². The average molecular weight is 347 g/mol. The van der Waals surface area contributed by atoms with Gasteiger partial charge in [0.1, 0.15) is 5.65 Å². The molecule has 0 saturated heterocycles. The maximum atomic E-state index is 11.7. The van der Waals surface area contributed by atoms with Crippen molar-refractivity contribution in [2.75, 3.05) is 0 Å². The molecule has 4 aromatic rings. The zero-order valence-corrected chi connectivity index (χ0v) is 14.0. The normalized spacial score (nSPS) is 12.4. The molecule has 0 bridgehead atoms. The van der Waals surface area contributed by atoms with E-state index in [4.69, 9.17) is 0 Å². The number of nitrogens with one attached hydrogen (secondary N) is 1. The Labute approximate surface area is 149 Å². The molecule has 3 aromatic heterocycles. The molecule has 0 aliphatic carbocycles. The number of hydrogen-bond acceptors (Lipinski definition) is 4. The van der Waals surface area contributed by atoms with Gasteiger partial charge in [0.05, 0.1) is 18.0 Å². The molecular formula is C20H17N3O3. The van der Waals surface area contributed by atoms with E-state index >= 15 is 0 Å². The Bertz CT molecular complexity index is 1160. The van der Waals surface area contributed by atoms with Crippen LogP contribution >= 0.6 is 0 Å². The zero-order valence-electron chi connectivity index (χ0n) is 14.0. The molecule has 26 heavy (non-hydrogen) atoms. The molecule has 0 saturated carbocycles. The minimum atomic E-state index is -0.857. The SMILES string of the molecule is CC(O)c1cc(=O)c(O)cn1-c1cccc(-c2cnc3[nH]ccc3c2)c1. The Kier molecular flexibility index (Phi) is 3.82. The fourth-order valence-electron chi connectivity index (χ4n) is 3.02. The maximum absolute atomic E-state index is 11.7. The van der Waals surface area contributed by atoms with Crippen LogP contribution in [0.25, 0.3) is 27.8 Å². The number of aromatic hydroxyl groups is 1. The maximum Gasteiger partial charge on any atom is 0.223 e. The van der Waals surface area contributed by atoms with Crippen molar-refractivity contribution in [1.82, 2.24) is 14.5 Å². The summed E-state index contributed by atoms with van der Waals surface area (Å²) in [5, 5.41) is 20.8. The number of aliphatic hydroxyl groups is 1. The lowest BCUT2D eigenvalue weighted by atomic mass is 10.1. The van der Waals surface area contributed by atoms with Crippen LogP contribution in [0.3, 0.4) is 0 Å². The van der Waals surface area contributed by atoms with Crippen molar-refractivity contribution < 1.29 is 10.2 Å². The summed E-state index contributed by atoms with van der Waals surface area (Å²) in [5.74, 6) is -0.366. The summed E-state index contributed by atoms with van der Waals surface area (Å²) < 4.78 is 1.62. The standard InChI is InChI=1S/C20H17N3O3/c1-12(24)17-9-18(25)19(26)11-23(17)16-4-2-3-13(8-16)15-7-14-5-6-21-20(14)22-10-15/h2-12,24,26H,1H3,(H,21,22). The van der Waals surface area contributed by atoms with E-state index in [9.17, 15) is 15.0 Å². The van der Waals surface area contributed by atoms with E-state index < -0.39 is 11.5 Å². The highest BCUT2D eigenvalue weighted by Gasteiger charge is 2.12. The molecule has 1 aromatic carbocycles. The lowest BCUT2D eigenvalue weighted by Gasteiger charge is -2.16. The molecule has 1 unspecified atom stereocenters. The summed E-state index contributed by atoms with van der Waals surface area (Å²) in [7, 11) is 0. The van der Waals surface area contributed by atoms with Gasteiger partial charge in [-0.2, -0.15) is 0 Å². The number of aromatic amines is 1. The summed E-state index contributed by atoms with van der Waals surface area (Å²) in [6.07, 6.45) is 4.11. The Morgan fingerprint density at radius 2 is 2.00 bits per heavy atom. The number of rotatable bonds is 3. The van der Waals surface area contributed by atoms with Crippen LogP contribution in [0.2, 0.25) is 0 Å². The monoisotopic (exact) mass is 347 g/mol. The second-order valence-electron chi connectivity index (χ2n) is 6.18. The largest absolute Gasteiger partial charge is 0.503 e. The number of hydrogen-bond donors (Lipinski definition) is 3. The van der Waals surface area contributed by atoms with Gasteiger partial charge in [0, 0.05) is 35.1 Å². The Hall–Kier alpha value is -3.38. The van der Waals surface area contributed by atoms with Crippen molar-refractivity contribution in [3.05, 3.63) is 77.0 Å². The molecule has 0 amide bonds. The third-order valence-electron chi connectivity index (χ3n) is 4.35. The van der Waals surface area contributed by atoms with Gasteiger partial charge < -0.3 is 19.8 Å². The van der Waals surface area contributed by atoms with Crippen LogP contribution in [-0.2, 0) is 0 Å². The van der Waals surface area contributed by atoms with Crippen molar-refractivity contribution in [1.29, 1.82) is 0 Å². The number of fused-ring (bicyclic) bond motifs is 1. The van der Waals surface area contributed by atoms with Crippen molar-refractivity contribution >= 4 is 11.0 Å². The highest BCUT2D eigenvalue weighted by Crippen LogP contribution is 2.26. The number of nitrogens with zero attached hydrogens (tertiary/aromatic N) is 2. The van der Waals surface area contributed by atoms with Gasteiger partial charge in [0.15, 0.2) is 5.75 Å². The first-order valence-corrected chi connectivity index (χ1v) is 8.20. The molecule has 3 heterocycles. The quantitative estimate of drug-likeness (QED) is 0.531. The van der Waals surface area contributed by atoms with Gasteiger partial charge in [-0.3, -0.25) is 4.79 Å². The first-order chi connectivity index (χ1) is 12.5. The van der Waals surface area contributed by atoms with Crippen molar-refractivity contribution in [3.63, 3.8) is 0 Å². The Morgan fingerprint density at radius 3 is 2.81 bits per heavy atom. The molecule has 1 atom stereocenters. The molecule has 0 fully saturated rings. The Morgan fingerprint density at radius 1 is 1.15 bits per heavy atom. The van der Waals surface area contributed by atoms with E-state index in [0.717, 1.165) is 27.8 Å². The van der Waals surface area contributed by atoms with Crippen LogP contribution < -0.4 is 5.43 Å². The summed E-state index contributed by atoms with van der Waals surface area (Å²) in [5.41, 5.74) is 3.32. The van der Waals surface area contributed by atoms with Gasteiger partial charge in [0.2, 0.25) is 5.43 Å². The van der Waals surface area contributed by atoms with E-state index in [1.54, 1.807) is 17.7 Å². The van der Waals surface area contributed by atoms with Gasteiger partial charge in [-0.15, -0.1) is 0 Å². The van der Waals surface area contributed by atoms with Crippen molar-refractivity contribution in [3.8, 4) is 22.6 Å². The lowest BCUT2D eigenvalue weighted by Crippen LogP contribution is -2.13. The highest BCUT2D eigenvalue weighted by molar-refractivity contribution is 5.81. The van der Waals surface area contributed by atoms with E-state index in [-0.39, 0.29) is 5.75 Å². The predicted molar refractivity (Wildman–Crippen MR) is 99.4 cm³/mol. The minimum absolute atomic E-state index is 0.366. The molecule has 0 aliphatic heterocycles. The smallest absolute Gasteiger partial charge is 0.223 e. The van der Waals surface area contributed by atoms with Crippen LogP contribution in [0.15, 0.2) is 65.8 Å². The van der Waals surface area contributed by atoms with Gasteiger partial charge in [-0.25, -0.2) is 4.98 Å². The Balaban J connectivity index is 1.86. The molecule has 3 N–H and O–H groups in total. The highest BCUT2D eigenvalue weighted by atomic mass is 16.3. The van der Waals surface area contributed by atoms with Gasteiger partial charge >= 0.3 is 0 Å². The number of benzene rings is 1. The second kappa shape index (κ2) is 6.16. The molecule has 6 heteroatoms. The minimum Gasteiger partial charge on any atom is -0.503 e. The number of pyridine rings is 2. The third-order valence-corrected chi connectivity index (χ3v) is 4.35. The third kappa shape index (κ3) is 2.76. The number of aliphatic hydroxyl groups excluding tert-OH is 1. The molecule has 4 rings (SSSR count). The molecule has 0 radical (unpaired) electrons. The summed E-state index contributed by atoms with van der Waals surface area (Å²) in [4.78, 5) is 19.2. The summed E-state index contributed by atoms with van der Waals surface area (Å²) in [6.45, 7) is 1.58. The van der Waals surface area contributed by atoms with Gasteiger partial charge in [0.25, 0.3) is 0 Å². The van der Waals surface area contributed by atoms with Crippen molar-refractivity contribution in [2.45, 2.75) is 13.0 Å². The van der Waals surface area contributed by atoms with Crippen molar-refractivity contribution in [2.24, 2.45) is 0 Å². The van der Waals surface area contributed by atoms with Crippen LogP contribution in [0.1, 0.15) is 18.7 Å².